The maximum atomic E-state index is 5.91. The molecule has 1 saturated heterocycles. The molecule has 1 aromatic rings. The van der Waals surface area contributed by atoms with Gasteiger partial charge in [-0.05, 0) is 19.8 Å². The van der Waals surface area contributed by atoms with E-state index in [4.69, 9.17) is 10.5 Å². The van der Waals surface area contributed by atoms with E-state index in [1.54, 1.807) is 0 Å². The second-order valence-corrected chi connectivity index (χ2v) is 3.95. The van der Waals surface area contributed by atoms with Gasteiger partial charge in [-0.3, -0.25) is 4.68 Å². The van der Waals surface area contributed by atoms with Crippen LogP contribution in [0.1, 0.15) is 30.2 Å². The molecule has 4 heteroatoms. The fourth-order valence-electron chi connectivity index (χ4n) is 1.87. The third-order valence-corrected chi connectivity index (χ3v) is 2.94. The highest BCUT2D eigenvalue weighted by molar-refractivity contribution is 5.19. The first-order valence-electron chi connectivity index (χ1n) is 5.04. The normalized spacial score (nSPS) is 27.9. The number of aryl methyl sites for hydroxylation is 1. The Bertz CT molecular complexity index is 321. The molecule has 0 saturated carbocycles. The Morgan fingerprint density at radius 2 is 2.43 bits per heavy atom. The highest BCUT2D eigenvalue weighted by Crippen LogP contribution is 2.28. The molecule has 2 unspecified atom stereocenters. The van der Waals surface area contributed by atoms with Crippen molar-refractivity contribution in [3.8, 4) is 0 Å². The molecule has 1 aliphatic heterocycles. The summed E-state index contributed by atoms with van der Waals surface area (Å²) >= 11 is 0. The van der Waals surface area contributed by atoms with Gasteiger partial charge in [0.1, 0.15) is 0 Å². The van der Waals surface area contributed by atoms with Crippen molar-refractivity contribution in [2.75, 3.05) is 6.61 Å². The van der Waals surface area contributed by atoms with Crippen molar-refractivity contribution < 1.29 is 4.74 Å². The van der Waals surface area contributed by atoms with E-state index in [9.17, 15) is 0 Å². The van der Waals surface area contributed by atoms with Crippen molar-refractivity contribution in [2.45, 2.75) is 31.9 Å². The molecule has 4 nitrogen and oxygen atoms in total. The van der Waals surface area contributed by atoms with E-state index in [1.165, 1.54) is 11.3 Å². The lowest BCUT2D eigenvalue weighted by molar-refractivity contribution is 0.00627. The maximum Gasteiger partial charge on any atom is 0.0872 e. The Balaban J connectivity index is 2.18. The van der Waals surface area contributed by atoms with Gasteiger partial charge in [0.25, 0.3) is 0 Å². The summed E-state index contributed by atoms with van der Waals surface area (Å²) in [6.45, 7) is 2.83. The van der Waals surface area contributed by atoms with E-state index in [0.717, 1.165) is 19.4 Å². The van der Waals surface area contributed by atoms with E-state index in [2.05, 4.69) is 12.0 Å². The first-order chi connectivity index (χ1) is 6.68. The Hall–Kier alpha value is -0.870. The molecule has 2 rings (SSSR count). The van der Waals surface area contributed by atoms with Gasteiger partial charge >= 0.3 is 0 Å². The van der Waals surface area contributed by atoms with Crippen LogP contribution < -0.4 is 5.73 Å². The molecule has 0 aliphatic carbocycles. The van der Waals surface area contributed by atoms with Crippen LogP contribution in [0.25, 0.3) is 0 Å². The summed E-state index contributed by atoms with van der Waals surface area (Å²) in [5.74, 6) is 0. The second-order valence-electron chi connectivity index (χ2n) is 3.95. The fraction of sp³-hybridized carbons (Fsp3) is 0.700. The lowest BCUT2D eigenvalue weighted by Gasteiger charge is -2.27. The van der Waals surface area contributed by atoms with Gasteiger partial charge in [0.15, 0.2) is 0 Å². The van der Waals surface area contributed by atoms with Gasteiger partial charge in [-0.25, -0.2) is 0 Å². The van der Waals surface area contributed by atoms with Gasteiger partial charge < -0.3 is 10.5 Å². The molecule has 0 spiro atoms. The second kappa shape index (κ2) is 3.71. The average molecular weight is 195 g/mol. The number of ether oxygens (including phenoxy) is 1. The van der Waals surface area contributed by atoms with E-state index in [0.29, 0.717) is 0 Å². The van der Waals surface area contributed by atoms with Crippen LogP contribution in [0.3, 0.4) is 0 Å². The monoisotopic (exact) mass is 195 g/mol. The molecule has 0 bridgehead atoms. The number of rotatable bonds is 1. The molecule has 0 amide bonds. The van der Waals surface area contributed by atoms with Crippen LogP contribution in [-0.2, 0) is 11.8 Å². The fourth-order valence-corrected chi connectivity index (χ4v) is 1.87. The van der Waals surface area contributed by atoms with Gasteiger partial charge in [0.05, 0.1) is 12.3 Å². The molecule has 1 aliphatic rings. The van der Waals surface area contributed by atoms with Crippen LogP contribution in [0, 0.1) is 6.92 Å². The van der Waals surface area contributed by atoms with Crippen LogP contribution in [0.15, 0.2) is 6.20 Å². The zero-order valence-corrected chi connectivity index (χ0v) is 8.73. The number of nitrogens with two attached hydrogens (primary N) is 1. The van der Waals surface area contributed by atoms with Gasteiger partial charge in [-0.15, -0.1) is 0 Å². The van der Waals surface area contributed by atoms with E-state index in [-0.39, 0.29) is 12.1 Å². The topological polar surface area (TPSA) is 53.1 Å². The molecule has 14 heavy (non-hydrogen) atoms. The summed E-state index contributed by atoms with van der Waals surface area (Å²) in [4.78, 5) is 0. The molecule has 0 aromatic carbocycles. The van der Waals surface area contributed by atoms with Crippen molar-refractivity contribution >= 4 is 0 Å². The van der Waals surface area contributed by atoms with E-state index < -0.39 is 0 Å². The van der Waals surface area contributed by atoms with Crippen LogP contribution in [0.4, 0.5) is 0 Å². The largest absolute Gasteiger partial charge is 0.373 e. The third kappa shape index (κ3) is 1.67. The van der Waals surface area contributed by atoms with Crippen molar-refractivity contribution in [3.63, 3.8) is 0 Å². The zero-order chi connectivity index (χ0) is 10.1. The molecule has 2 heterocycles. The first kappa shape index (κ1) is 9.68. The SMILES string of the molecule is Cc1c(C2CC(N)CCO2)cnn1C. The molecule has 2 atom stereocenters. The van der Waals surface area contributed by atoms with Gasteiger partial charge in [-0.1, -0.05) is 0 Å². The minimum Gasteiger partial charge on any atom is -0.373 e. The first-order valence-corrected chi connectivity index (χ1v) is 5.04. The Morgan fingerprint density at radius 1 is 1.64 bits per heavy atom. The van der Waals surface area contributed by atoms with Crippen LogP contribution in [-0.4, -0.2) is 22.4 Å². The van der Waals surface area contributed by atoms with E-state index in [1.807, 2.05) is 17.9 Å². The maximum absolute atomic E-state index is 5.91. The molecule has 78 valence electrons. The molecular weight excluding hydrogens is 178 g/mol. The third-order valence-electron chi connectivity index (χ3n) is 2.94. The number of nitrogens with zero attached hydrogens (tertiary/aromatic N) is 2. The van der Waals surface area contributed by atoms with E-state index >= 15 is 0 Å². The van der Waals surface area contributed by atoms with Crippen molar-refractivity contribution in [1.82, 2.24) is 9.78 Å². The highest BCUT2D eigenvalue weighted by atomic mass is 16.5. The van der Waals surface area contributed by atoms with Crippen molar-refractivity contribution in [3.05, 3.63) is 17.5 Å². The Morgan fingerprint density at radius 3 is 3.00 bits per heavy atom. The number of aromatic nitrogens is 2. The minimum atomic E-state index is 0.146. The lowest BCUT2D eigenvalue weighted by atomic mass is 9.99. The quantitative estimate of drug-likeness (QED) is 0.724. The standard InChI is InChI=1S/C10H17N3O/c1-7-9(6-12-13(7)2)10-5-8(11)3-4-14-10/h6,8,10H,3-5,11H2,1-2H3. The van der Waals surface area contributed by atoms with Gasteiger partial charge in [0.2, 0.25) is 0 Å². The highest BCUT2D eigenvalue weighted by Gasteiger charge is 2.24. The average Bonchev–Trinajstić information content (AvgIpc) is 2.48. The molecular formula is C10H17N3O. The number of hydrogen-bond acceptors (Lipinski definition) is 3. The summed E-state index contributed by atoms with van der Waals surface area (Å²) in [6, 6.07) is 0.272. The van der Waals surface area contributed by atoms with Crippen molar-refractivity contribution in [2.24, 2.45) is 12.8 Å². The number of hydrogen-bond donors (Lipinski definition) is 1. The molecule has 0 radical (unpaired) electrons. The zero-order valence-electron chi connectivity index (χ0n) is 8.73. The molecule has 2 N–H and O–H groups in total. The summed E-state index contributed by atoms with van der Waals surface area (Å²) in [5, 5.41) is 4.21. The molecule has 1 fully saturated rings. The predicted molar refractivity (Wildman–Crippen MR) is 53.8 cm³/mol. The summed E-state index contributed by atoms with van der Waals surface area (Å²) in [6.07, 6.45) is 3.91. The minimum absolute atomic E-state index is 0.146. The van der Waals surface area contributed by atoms with Gasteiger partial charge in [0, 0.05) is 31.0 Å². The van der Waals surface area contributed by atoms with Crippen LogP contribution >= 0.6 is 0 Å². The van der Waals surface area contributed by atoms with Crippen molar-refractivity contribution in [1.29, 1.82) is 0 Å². The summed E-state index contributed by atoms with van der Waals surface area (Å²) in [7, 11) is 1.95. The predicted octanol–water partition coefficient (Wildman–Crippen LogP) is 0.907. The molecule has 1 aromatic heterocycles. The Labute approximate surface area is 84.0 Å². The lowest BCUT2D eigenvalue weighted by Crippen LogP contribution is -2.30. The summed E-state index contributed by atoms with van der Waals surface area (Å²) < 4.78 is 7.57. The van der Waals surface area contributed by atoms with Crippen LogP contribution in [0.2, 0.25) is 0 Å². The van der Waals surface area contributed by atoms with Gasteiger partial charge in [-0.2, -0.15) is 5.10 Å². The summed E-state index contributed by atoms with van der Waals surface area (Å²) in [5.41, 5.74) is 8.27. The van der Waals surface area contributed by atoms with Crippen LogP contribution in [0.5, 0.6) is 0 Å². The smallest absolute Gasteiger partial charge is 0.0872 e. The Kier molecular flexibility index (Phi) is 2.56.